The van der Waals surface area contributed by atoms with Gasteiger partial charge in [0, 0.05) is 7.11 Å². The highest BCUT2D eigenvalue weighted by atomic mass is 32.1. The third kappa shape index (κ3) is 3.27. The third-order valence-corrected chi connectivity index (χ3v) is 3.35. The highest BCUT2D eigenvalue weighted by Gasteiger charge is 2.10. The van der Waals surface area contributed by atoms with Gasteiger partial charge in [0.2, 0.25) is 5.91 Å². The molecular weight excluding hydrogens is 268 g/mol. The number of hydrogen-bond donors (Lipinski definition) is 2. The van der Waals surface area contributed by atoms with Crippen LogP contribution >= 0.6 is 11.3 Å². The van der Waals surface area contributed by atoms with E-state index in [0.29, 0.717) is 17.3 Å². The van der Waals surface area contributed by atoms with Crippen LogP contribution in [0.2, 0.25) is 0 Å². The largest absolute Gasteiger partial charge is 0.478 e. The van der Waals surface area contributed by atoms with Gasteiger partial charge in [0.05, 0.1) is 28.8 Å². The third-order valence-electron chi connectivity index (χ3n) is 2.41. The number of carboxylic acid groups (broad SMARTS) is 1. The molecular formula is C12H12N2O4S. The van der Waals surface area contributed by atoms with Crippen LogP contribution in [0.25, 0.3) is 10.2 Å². The van der Waals surface area contributed by atoms with E-state index in [9.17, 15) is 9.59 Å². The molecule has 100 valence electrons. The number of aromatic nitrogens is 1. The van der Waals surface area contributed by atoms with Crippen molar-refractivity contribution in [2.75, 3.05) is 19.0 Å². The van der Waals surface area contributed by atoms with Crippen molar-refractivity contribution in [1.29, 1.82) is 0 Å². The van der Waals surface area contributed by atoms with Crippen molar-refractivity contribution in [3.8, 4) is 0 Å². The number of aromatic carboxylic acids is 1. The Morgan fingerprint density at radius 2 is 2.26 bits per heavy atom. The van der Waals surface area contributed by atoms with Crippen molar-refractivity contribution in [1.82, 2.24) is 4.98 Å². The highest BCUT2D eigenvalue weighted by molar-refractivity contribution is 7.22. The normalized spacial score (nSPS) is 10.6. The second kappa shape index (κ2) is 5.77. The predicted octanol–water partition coefficient (Wildman–Crippen LogP) is 1.97. The van der Waals surface area contributed by atoms with Crippen LogP contribution in [0.5, 0.6) is 0 Å². The number of hydrogen-bond acceptors (Lipinski definition) is 5. The van der Waals surface area contributed by atoms with Gasteiger partial charge in [-0.1, -0.05) is 11.3 Å². The second-order valence-corrected chi connectivity index (χ2v) is 4.83. The fourth-order valence-corrected chi connectivity index (χ4v) is 2.41. The quantitative estimate of drug-likeness (QED) is 0.874. The summed E-state index contributed by atoms with van der Waals surface area (Å²) in [5.41, 5.74) is 0.866. The molecule has 1 heterocycles. The first-order valence-corrected chi connectivity index (χ1v) is 6.34. The Bertz CT molecular complexity index is 623. The average Bonchev–Trinajstić information content (AvgIpc) is 2.77. The van der Waals surface area contributed by atoms with E-state index in [1.54, 1.807) is 12.1 Å². The lowest BCUT2D eigenvalue weighted by Gasteiger charge is -1.99. The van der Waals surface area contributed by atoms with Gasteiger partial charge < -0.3 is 15.2 Å². The number of carbonyl (C=O) groups is 2. The molecule has 0 unspecified atom stereocenters. The van der Waals surface area contributed by atoms with Gasteiger partial charge in [0.1, 0.15) is 0 Å². The molecule has 0 saturated carbocycles. The molecule has 2 aromatic rings. The number of thiazole rings is 1. The number of amides is 1. The monoisotopic (exact) mass is 280 g/mol. The maximum absolute atomic E-state index is 11.5. The predicted molar refractivity (Wildman–Crippen MR) is 71.7 cm³/mol. The molecule has 0 spiro atoms. The van der Waals surface area contributed by atoms with Crippen LogP contribution in [-0.4, -0.2) is 35.7 Å². The van der Waals surface area contributed by atoms with Crippen LogP contribution < -0.4 is 5.32 Å². The van der Waals surface area contributed by atoms with E-state index >= 15 is 0 Å². The summed E-state index contributed by atoms with van der Waals surface area (Å²) in [7, 11) is 1.53. The first kappa shape index (κ1) is 13.4. The van der Waals surface area contributed by atoms with Gasteiger partial charge >= 0.3 is 5.97 Å². The topological polar surface area (TPSA) is 88.5 Å². The van der Waals surface area contributed by atoms with Crippen LogP contribution in [0.3, 0.4) is 0 Å². The van der Waals surface area contributed by atoms with E-state index in [-0.39, 0.29) is 17.9 Å². The first-order valence-electron chi connectivity index (χ1n) is 5.53. The Morgan fingerprint density at radius 1 is 1.47 bits per heavy atom. The zero-order chi connectivity index (χ0) is 13.8. The molecule has 2 N–H and O–H groups in total. The standard InChI is InChI=1S/C12H12N2O4S/c1-18-5-4-10(15)14-12-13-8-3-2-7(11(16)17)6-9(8)19-12/h2-3,6H,4-5H2,1H3,(H,16,17)(H,13,14,15). The Kier molecular flexibility index (Phi) is 4.08. The number of nitrogens with zero attached hydrogens (tertiary/aromatic N) is 1. The minimum atomic E-state index is -0.985. The second-order valence-electron chi connectivity index (χ2n) is 3.80. The lowest BCUT2D eigenvalue weighted by Crippen LogP contribution is -2.13. The minimum Gasteiger partial charge on any atom is -0.478 e. The summed E-state index contributed by atoms with van der Waals surface area (Å²) in [5, 5.41) is 12.0. The van der Waals surface area contributed by atoms with Crippen LogP contribution in [0.4, 0.5) is 5.13 Å². The van der Waals surface area contributed by atoms with Gasteiger partial charge in [-0.3, -0.25) is 4.79 Å². The van der Waals surface area contributed by atoms with Crippen molar-refractivity contribution in [2.45, 2.75) is 6.42 Å². The number of fused-ring (bicyclic) bond motifs is 1. The fourth-order valence-electron chi connectivity index (χ4n) is 1.49. The van der Waals surface area contributed by atoms with Crippen LogP contribution in [-0.2, 0) is 9.53 Å². The molecule has 0 saturated heterocycles. The zero-order valence-electron chi connectivity index (χ0n) is 10.2. The van der Waals surface area contributed by atoms with Gasteiger partial charge in [-0.2, -0.15) is 0 Å². The van der Waals surface area contributed by atoms with E-state index in [1.807, 2.05) is 0 Å². The van der Waals surface area contributed by atoms with Gasteiger partial charge in [0.25, 0.3) is 0 Å². The summed E-state index contributed by atoms with van der Waals surface area (Å²) in [6, 6.07) is 4.65. The highest BCUT2D eigenvalue weighted by Crippen LogP contribution is 2.26. The molecule has 7 heteroatoms. The van der Waals surface area contributed by atoms with Crippen LogP contribution in [0.15, 0.2) is 18.2 Å². The van der Waals surface area contributed by atoms with Crippen molar-refractivity contribution >= 4 is 38.6 Å². The van der Waals surface area contributed by atoms with Gasteiger partial charge in [-0.25, -0.2) is 9.78 Å². The molecule has 0 aliphatic heterocycles. The molecule has 0 aliphatic carbocycles. The molecule has 0 radical (unpaired) electrons. The molecule has 19 heavy (non-hydrogen) atoms. The average molecular weight is 280 g/mol. The summed E-state index contributed by atoms with van der Waals surface area (Å²) in [6.45, 7) is 0.347. The molecule has 1 aromatic carbocycles. The lowest BCUT2D eigenvalue weighted by atomic mass is 10.2. The van der Waals surface area contributed by atoms with E-state index in [1.165, 1.54) is 24.5 Å². The fraction of sp³-hybridized carbons (Fsp3) is 0.250. The number of ether oxygens (including phenoxy) is 1. The van der Waals surface area contributed by atoms with Gasteiger partial charge in [-0.15, -0.1) is 0 Å². The number of carbonyl (C=O) groups excluding carboxylic acids is 1. The number of anilines is 1. The molecule has 6 nitrogen and oxygen atoms in total. The molecule has 0 bridgehead atoms. The van der Waals surface area contributed by atoms with Crippen LogP contribution in [0.1, 0.15) is 16.8 Å². The van der Waals surface area contributed by atoms with Gasteiger partial charge in [-0.05, 0) is 18.2 Å². The SMILES string of the molecule is COCCC(=O)Nc1nc2ccc(C(=O)O)cc2s1. The van der Waals surface area contributed by atoms with Crippen LogP contribution in [0, 0.1) is 0 Å². The summed E-state index contributed by atoms with van der Waals surface area (Å²) >= 11 is 1.24. The van der Waals surface area contributed by atoms with E-state index < -0.39 is 5.97 Å². The number of benzene rings is 1. The summed E-state index contributed by atoms with van der Waals surface area (Å²) < 4.78 is 5.53. The molecule has 0 fully saturated rings. The maximum Gasteiger partial charge on any atom is 0.335 e. The molecule has 0 atom stereocenters. The Hall–Kier alpha value is -1.99. The van der Waals surface area contributed by atoms with Crippen molar-refractivity contribution in [3.63, 3.8) is 0 Å². The lowest BCUT2D eigenvalue weighted by molar-refractivity contribution is -0.117. The summed E-state index contributed by atoms with van der Waals surface area (Å²) in [6.07, 6.45) is 0.257. The smallest absolute Gasteiger partial charge is 0.335 e. The maximum atomic E-state index is 11.5. The van der Waals surface area contributed by atoms with E-state index in [4.69, 9.17) is 9.84 Å². The van der Waals surface area contributed by atoms with E-state index in [0.717, 1.165) is 4.70 Å². The number of carboxylic acids is 1. The molecule has 1 aromatic heterocycles. The Morgan fingerprint density at radius 3 is 2.95 bits per heavy atom. The van der Waals surface area contributed by atoms with Crippen molar-refractivity contribution < 1.29 is 19.4 Å². The molecule has 1 amide bonds. The Balaban J connectivity index is 2.17. The number of nitrogens with one attached hydrogen (secondary N) is 1. The summed E-state index contributed by atoms with van der Waals surface area (Å²) in [4.78, 5) is 26.6. The minimum absolute atomic E-state index is 0.181. The van der Waals surface area contributed by atoms with Gasteiger partial charge in [0.15, 0.2) is 5.13 Å². The summed E-state index contributed by atoms with van der Waals surface area (Å²) in [5.74, 6) is -1.17. The number of methoxy groups -OCH3 is 1. The number of rotatable bonds is 5. The van der Waals surface area contributed by atoms with Crippen molar-refractivity contribution in [3.05, 3.63) is 23.8 Å². The molecule has 0 aliphatic rings. The molecule has 2 rings (SSSR count). The van der Waals surface area contributed by atoms with E-state index in [2.05, 4.69) is 10.3 Å². The zero-order valence-corrected chi connectivity index (χ0v) is 11.0. The Labute approximate surface area is 113 Å². The van der Waals surface area contributed by atoms with Crippen molar-refractivity contribution in [2.24, 2.45) is 0 Å². The first-order chi connectivity index (χ1) is 9.10.